The van der Waals surface area contributed by atoms with E-state index in [1.807, 2.05) is 0 Å². The molecule has 0 radical (unpaired) electrons. The van der Waals surface area contributed by atoms with Gasteiger partial charge in [-0.05, 0) is 108 Å². The molecule has 4 aromatic carbocycles. The van der Waals surface area contributed by atoms with Crippen molar-refractivity contribution in [1.29, 1.82) is 0 Å². The number of benzene rings is 4. The minimum Gasteiger partial charge on any atom is -0.355 e. The van der Waals surface area contributed by atoms with Gasteiger partial charge in [-0.15, -0.1) is 0 Å². The van der Waals surface area contributed by atoms with Gasteiger partial charge >= 0.3 is 0 Å². The maximum atomic E-state index is 3.80. The van der Waals surface area contributed by atoms with Crippen molar-refractivity contribution in [3.63, 3.8) is 0 Å². The van der Waals surface area contributed by atoms with Gasteiger partial charge in [0.2, 0.25) is 0 Å². The number of nitrogens with one attached hydrogen (secondary N) is 2. The van der Waals surface area contributed by atoms with Crippen LogP contribution in [0.3, 0.4) is 0 Å². The van der Waals surface area contributed by atoms with Crippen LogP contribution < -0.4 is 10.6 Å². The highest BCUT2D eigenvalue weighted by Gasteiger charge is 2.19. The Labute approximate surface area is 244 Å². The third kappa shape index (κ3) is 6.58. The number of aryl methyl sites for hydroxylation is 4. The Morgan fingerprint density at radius 3 is 1.41 bits per heavy atom. The Morgan fingerprint density at radius 2 is 0.974 bits per heavy atom. The van der Waals surface area contributed by atoms with Crippen molar-refractivity contribution < 1.29 is 0 Å². The van der Waals surface area contributed by atoms with E-state index >= 15 is 0 Å². The van der Waals surface area contributed by atoms with Gasteiger partial charge in [0.05, 0.1) is 0 Å². The average molecular weight is 584 g/mol. The second-order valence-corrected chi connectivity index (χ2v) is 13.9. The first kappa shape index (κ1) is 29.0. The van der Waals surface area contributed by atoms with Crippen LogP contribution in [-0.4, -0.2) is 0 Å². The van der Waals surface area contributed by atoms with Crippen molar-refractivity contribution in [3.05, 3.63) is 105 Å². The van der Waals surface area contributed by atoms with Crippen LogP contribution in [0.1, 0.15) is 74.9 Å². The smallest absolute Gasteiger partial charge is 0.0465 e. The Morgan fingerprint density at radius 1 is 0.538 bits per heavy atom. The van der Waals surface area contributed by atoms with Gasteiger partial charge in [-0.3, -0.25) is 0 Å². The first-order chi connectivity index (χ1) is 18.1. The molecule has 0 amide bonds. The lowest BCUT2D eigenvalue weighted by Gasteiger charge is -2.24. The fourth-order valence-corrected chi connectivity index (χ4v) is 5.33. The topological polar surface area (TPSA) is 24.1 Å². The number of anilines is 4. The summed E-state index contributed by atoms with van der Waals surface area (Å²) in [7, 11) is 0. The molecule has 0 aliphatic carbocycles. The summed E-state index contributed by atoms with van der Waals surface area (Å²) in [6, 6.07) is 24.4. The summed E-state index contributed by atoms with van der Waals surface area (Å²) in [5.74, 6) is 0. The Hall–Kier alpha value is -3.04. The van der Waals surface area contributed by atoms with Crippen LogP contribution in [0.2, 0.25) is 0 Å². The van der Waals surface area contributed by atoms with E-state index in [1.165, 1.54) is 50.3 Å². The van der Waals surface area contributed by atoms with E-state index in [-0.39, 0.29) is 10.8 Å². The molecule has 2 nitrogen and oxygen atoms in total. The van der Waals surface area contributed by atoms with Crippen LogP contribution in [0, 0.1) is 27.7 Å². The van der Waals surface area contributed by atoms with Crippen LogP contribution >= 0.6 is 15.9 Å². The largest absolute Gasteiger partial charge is 0.355 e. The van der Waals surface area contributed by atoms with E-state index < -0.39 is 0 Å². The lowest BCUT2D eigenvalue weighted by atomic mass is 9.84. The summed E-state index contributed by atoms with van der Waals surface area (Å²) < 4.78 is 1.07. The van der Waals surface area contributed by atoms with Crippen LogP contribution in [0.5, 0.6) is 0 Å². The van der Waals surface area contributed by atoms with Crippen molar-refractivity contribution in [3.8, 4) is 11.1 Å². The number of hydrogen-bond donors (Lipinski definition) is 2. The lowest BCUT2D eigenvalue weighted by Crippen LogP contribution is -2.12. The molecule has 39 heavy (non-hydrogen) atoms. The molecule has 0 heterocycles. The van der Waals surface area contributed by atoms with Crippen molar-refractivity contribution >= 4 is 38.7 Å². The summed E-state index contributed by atoms with van der Waals surface area (Å²) in [5, 5.41) is 7.54. The Bertz CT molecular complexity index is 1450. The van der Waals surface area contributed by atoms with Crippen LogP contribution in [-0.2, 0) is 10.8 Å². The first-order valence-electron chi connectivity index (χ1n) is 13.8. The molecule has 0 saturated heterocycles. The normalized spacial score (nSPS) is 12.0. The lowest BCUT2D eigenvalue weighted by molar-refractivity contribution is 0.589. The molecule has 4 rings (SSSR count). The van der Waals surface area contributed by atoms with E-state index in [9.17, 15) is 0 Å². The van der Waals surface area contributed by atoms with Crippen LogP contribution in [0.25, 0.3) is 11.1 Å². The summed E-state index contributed by atoms with van der Waals surface area (Å²) in [5.41, 5.74) is 14.8. The minimum atomic E-state index is 0.116. The zero-order valence-corrected chi connectivity index (χ0v) is 26.8. The SMILES string of the molecule is Cc1cc(C(C)(C)C)cc(C)c1Nc1ccc(Nc2c(C)cc(C(C)(C)C)cc2C)c(-c2ccc(Br)cc2)c1. The molecule has 0 spiro atoms. The third-order valence-corrected chi connectivity index (χ3v) is 8.03. The van der Waals surface area contributed by atoms with E-state index in [2.05, 4.69) is 163 Å². The molecule has 0 atom stereocenters. The van der Waals surface area contributed by atoms with Crippen LogP contribution in [0.4, 0.5) is 22.7 Å². The second-order valence-electron chi connectivity index (χ2n) is 13.0. The number of rotatable bonds is 5. The molecule has 0 unspecified atom stereocenters. The van der Waals surface area contributed by atoms with Gasteiger partial charge < -0.3 is 10.6 Å². The molecule has 0 fully saturated rings. The fourth-order valence-electron chi connectivity index (χ4n) is 5.07. The zero-order chi connectivity index (χ0) is 28.7. The highest BCUT2D eigenvalue weighted by atomic mass is 79.9. The molecule has 3 heteroatoms. The molecule has 0 aromatic heterocycles. The van der Waals surface area contributed by atoms with Gasteiger partial charge in [-0.1, -0.05) is 93.9 Å². The van der Waals surface area contributed by atoms with Crippen molar-refractivity contribution in [2.45, 2.75) is 80.1 Å². The maximum absolute atomic E-state index is 3.80. The molecule has 204 valence electrons. The molecular weight excluding hydrogens is 540 g/mol. The molecule has 2 N–H and O–H groups in total. The predicted octanol–water partition coefficient (Wildman–Crippen LogP) is 11.4. The van der Waals surface area contributed by atoms with E-state index in [0.717, 1.165) is 21.4 Å². The minimum absolute atomic E-state index is 0.116. The molecule has 0 bridgehead atoms. The molecule has 4 aromatic rings. The van der Waals surface area contributed by atoms with E-state index in [4.69, 9.17) is 0 Å². The zero-order valence-electron chi connectivity index (χ0n) is 25.2. The molecule has 0 saturated carbocycles. The first-order valence-corrected chi connectivity index (χ1v) is 14.6. The summed E-state index contributed by atoms with van der Waals surface area (Å²) in [6.45, 7) is 22.4. The third-order valence-electron chi connectivity index (χ3n) is 7.50. The summed E-state index contributed by atoms with van der Waals surface area (Å²) in [4.78, 5) is 0. The van der Waals surface area contributed by atoms with Gasteiger partial charge in [0.15, 0.2) is 0 Å². The van der Waals surface area contributed by atoms with Crippen molar-refractivity contribution in [2.24, 2.45) is 0 Å². The molecule has 0 aliphatic heterocycles. The molecular formula is C36H43BrN2. The molecule has 0 aliphatic rings. The highest BCUT2D eigenvalue weighted by molar-refractivity contribution is 9.10. The maximum Gasteiger partial charge on any atom is 0.0465 e. The predicted molar refractivity (Wildman–Crippen MR) is 175 cm³/mol. The monoisotopic (exact) mass is 582 g/mol. The standard InChI is InChI=1S/C36H43BrN2/c1-22-17-27(35(5,6)7)18-23(2)33(22)38-30-15-16-32(31(21-30)26-11-13-29(37)14-12-26)39-34-24(3)19-28(20-25(34)4)36(8,9)10/h11-21,38-39H,1-10H3. The van der Waals surface area contributed by atoms with Gasteiger partial charge in [-0.25, -0.2) is 0 Å². The summed E-state index contributed by atoms with van der Waals surface area (Å²) >= 11 is 3.60. The van der Waals surface area contributed by atoms with Crippen molar-refractivity contribution in [1.82, 2.24) is 0 Å². The second kappa shape index (κ2) is 10.8. The number of halogens is 1. The van der Waals surface area contributed by atoms with E-state index in [1.54, 1.807) is 0 Å². The number of hydrogen-bond acceptors (Lipinski definition) is 2. The Balaban J connectivity index is 1.77. The van der Waals surface area contributed by atoms with Gasteiger partial charge in [-0.2, -0.15) is 0 Å². The Kier molecular flexibility index (Phi) is 8.06. The van der Waals surface area contributed by atoms with Gasteiger partial charge in [0.25, 0.3) is 0 Å². The average Bonchev–Trinajstić information content (AvgIpc) is 2.83. The quantitative estimate of drug-likeness (QED) is 0.244. The summed E-state index contributed by atoms with van der Waals surface area (Å²) in [6.07, 6.45) is 0. The van der Waals surface area contributed by atoms with Crippen molar-refractivity contribution in [2.75, 3.05) is 10.6 Å². The van der Waals surface area contributed by atoms with E-state index in [0.29, 0.717) is 0 Å². The highest BCUT2D eigenvalue weighted by Crippen LogP contribution is 2.38. The van der Waals surface area contributed by atoms with Gasteiger partial charge in [0, 0.05) is 32.8 Å². The fraction of sp³-hybridized carbons (Fsp3) is 0.333. The van der Waals surface area contributed by atoms with Crippen LogP contribution in [0.15, 0.2) is 71.2 Å². The van der Waals surface area contributed by atoms with Gasteiger partial charge in [0.1, 0.15) is 0 Å².